The van der Waals surface area contributed by atoms with Gasteiger partial charge in [-0.25, -0.2) is 13.1 Å². The molecule has 0 unspecified atom stereocenters. The van der Waals surface area contributed by atoms with Gasteiger partial charge in [0.1, 0.15) is 0 Å². The third-order valence-electron chi connectivity index (χ3n) is 4.52. The fraction of sp³-hybridized carbons (Fsp3) is 0.733. The van der Waals surface area contributed by atoms with Gasteiger partial charge in [-0.15, -0.1) is 0 Å². The summed E-state index contributed by atoms with van der Waals surface area (Å²) in [4.78, 5) is 14.6. The Morgan fingerprint density at radius 1 is 1.35 bits per heavy atom. The monoisotopic (exact) mass is 342 g/mol. The Balaban J connectivity index is 2.08. The van der Waals surface area contributed by atoms with Crippen LogP contribution in [0.25, 0.3) is 0 Å². The zero-order valence-corrected chi connectivity index (χ0v) is 15.1. The highest BCUT2D eigenvalue weighted by atomic mass is 32.2. The summed E-state index contributed by atoms with van der Waals surface area (Å²) in [5, 5.41) is 4.35. The highest BCUT2D eigenvalue weighted by Crippen LogP contribution is 2.20. The summed E-state index contributed by atoms with van der Waals surface area (Å²) >= 11 is 0. The Hall–Kier alpha value is -1.41. The molecule has 1 aromatic rings. The molecule has 2 rings (SSSR count). The first-order valence-electron chi connectivity index (χ1n) is 7.92. The number of amides is 1. The second-order valence-corrected chi connectivity index (χ2v) is 8.14. The molecule has 8 heteroatoms. The molecule has 0 saturated carbocycles. The zero-order valence-electron chi connectivity index (χ0n) is 14.3. The van der Waals surface area contributed by atoms with Crippen LogP contribution in [0.3, 0.4) is 0 Å². The van der Waals surface area contributed by atoms with Crippen LogP contribution in [0, 0.1) is 13.8 Å². The van der Waals surface area contributed by atoms with Crippen molar-refractivity contribution in [1.29, 1.82) is 0 Å². The van der Waals surface area contributed by atoms with E-state index >= 15 is 0 Å². The third kappa shape index (κ3) is 4.54. The number of likely N-dealkylation sites (tertiary alicyclic amines) is 1. The lowest BCUT2D eigenvalue weighted by Crippen LogP contribution is -2.49. The predicted octanol–water partition coefficient (Wildman–Crippen LogP) is 0.510. The van der Waals surface area contributed by atoms with Gasteiger partial charge in [-0.2, -0.15) is 5.10 Å². The van der Waals surface area contributed by atoms with E-state index < -0.39 is 10.0 Å². The van der Waals surface area contributed by atoms with Crippen molar-refractivity contribution in [3.05, 3.63) is 17.0 Å². The van der Waals surface area contributed by atoms with Crippen molar-refractivity contribution < 1.29 is 13.2 Å². The minimum atomic E-state index is -3.24. The number of carbonyl (C=O) groups excluding carboxylic acids is 1. The van der Waals surface area contributed by atoms with Crippen LogP contribution in [-0.4, -0.2) is 54.4 Å². The molecule has 7 nitrogen and oxygen atoms in total. The van der Waals surface area contributed by atoms with Crippen molar-refractivity contribution in [3.8, 4) is 0 Å². The fourth-order valence-corrected chi connectivity index (χ4v) is 3.61. The lowest BCUT2D eigenvalue weighted by atomic mass is 10.0. The normalized spacial score (nSPS) is 19.1. The van der Waals surface area contributed by atoms with E-state index in [-0.39, 0.29) is 18.5 Å². The van der Waals surface area contributed by atoms with E-state index in [1.807, 2.05) is 25.8 Å². The molecular formula is C15H26N4O3S. The van der Waals surface area contributed by atoms with Crippen molar-refractivity contribution in [3.63, 3.8) is 0 Å². The minimum Gasteiger partial charge on any atom is -0.338 e. The maximum Gasteiger partial charge on any atom is 0.227 e. The van der Waals surface area contributed by atoms with Gasteiger partial charge in [-0.1, -0.05) is 0 Å². The number of nitrogens with one attached hydrogen (secondary N) is 1. The van der Waals surface area contributed by atoms with E-state index in [4.69, 9.17) is 0 Å². The second kappa shape index (κ2) is 7.00. The number of rotatable bonds is 5. The molecule has 1 amide bonds. The van der Waals surface area contributed by atoms with Crippen LogP contribution >= 0.6 is 0 Å². The molecule has 130 valence electrons. The average Bonchev–Trinajstić information content (AvgIpc) is 2.71. The number of piperidine rings is 1. The number of sulfonamides is 1. The van der Waals surface area contributed by atoms with E-state index in [0.29, 0.717) is 13.0 Å². The lowest BCUT2D eigenvalue weighted by Gasteiger charge is -2.36. The molecule has 1 aliphatic heterocycles. The summed E-state index contributed by atoms with van der Waals surface area (Å²) in [6, 6.07) is -0.0664. The Kier molecular flexibility index (Phi) is 5.46. The van der Waals surface area contributed by atoms with Crippen molar-refractivity contribution in [1.82, 2.24) is 19.4 Å². The first-order valence-corrected chi connectivity index (χ1v) is 9.81. The van der Waals surface area contributed by atoms with Gasteiger partial charge in [-0.05, 0) is 33.1 Å². The molecule has 0 spiro atoms. The summed E-state index contributed by atoms with van der Waals surface area (Å²) in [5.74, 6) is 0.0456. The van der Waals surface area contributed by atoms with Gasteiger partial charge >= 0.3 is 0 Å². The van der Waals surface area contributed by atoms with Crippen LogP contribution < -0.4 is 4.72 Å². The van der Waals surface area contributed by atoms with Gasteiger partial charge in [0.05, 0.1) is 18.4 Å². The van der Waals surface area contributed by atoms with Crippen LogP contribution in [0.1, 0.15) is 36.2 Å². The molecule has 0 aliphatic carbocycles. The number of nitrogens with zero attached hydrogens (tertiary/aromatic N) is 3. The molecule has 23 heavy (non-hydrogen) atoms. The Morgan fingerprint density at radius 3 is 2.61 bits per heavy atom. The summed E-state index contributed by atoms with van der Waals surface area (Å²) in [5.41, 5.74) is 2.85. The number of aryl methyl sites for hydroxylation is 2. The topological polar surface area (TPSA) is 84.3 Å². The summed E-state index contributed by atoms with van der Waals surface area (Å²) in [7, 11) is -1.37. The van der Waals surface area contributed by atoms with Gasteiger partial charge in [-0.3, -0.25) is 9.48 Å². The maximum atomic E-state index is 12.7. The Morgan fingerprint density at radius 2 is 2.04 bits per heavy atom. The Labute approximate surface area is 138 Å². The number of aromatic nitrogens is 2. The molecule has 1 atom stereocenters. The van der Waals surface area contributed by atoms with Gasteiger partial charge < -0.3 is 4.90 Å². The largest absolute Gasteiger partial charge is 0.338 e. The van der Waals surface area contributed by atoms with E-state index in [2.05, 4.69) is 9.82 Å². The van der Waals surface area contributed by atoms with E-state index in [0.717, 1.165) is 42.5 Å². The van der Waals surface area contributed by atoms with Crippen molar-refractivity contribution >= 4 is 15.9 Å². The minimum absolute atomic E-state index is 0.0456. The first-order chi connectivity index (χ1) is 10.7. The predicted molar refractivity (Wildman–Crippen MR) is 88.6 cm³/mol. The number of hydrogen-bond acceptors (Lipinski definition) is 4. The van der Waals surface area contributed by atoms with E-state index in [1.165, 1.54) is 0 Å². The third-order valence-corrected chi connectivity index (χ3v) is 5.21. The molecule has 1 aliphatic rings. The van der Waals surface area contributed by atoms with Crippen molar-refractivity contribution in [2.24, 2.45) is 7.05 Å². The second-order valence-electron chi connectivity index (χ2n) is 6.31. The molecule has 0 aromatic carbocycles. The highest BCUT2D eigenvalue weighted by Gasteiger charge is 2.28. The van der Waals surface area contributed by atoms with E-state index in [1.54, 1.807) is 4.68 Å². The molecule has 0 bridgehead atoms. The van der Waals surface area contributed by atoms with Crippen LogP contribution in [0.15, 0.2) is 0 Å². The van der Waals surface area contributed by atoms with Gasteiger partial charge in [0.15, 0.2) is 0 Å². The molecule has 2 heterocycles. The molecule has 1 saturated heterocycles. The SMILES string of the molecule is Cc1nn(C)c(C)c1CC(=O)N1CCCC[C@@H]1CNS(C)(=O)=O. The first kappa shape index (κ1) is 17.9. The van der Waals surface area contributed by atoms with Gasteiger partial charge in [0.2, 0.25) is 15.9 Å². The van der Waals surface area contributed by atoms with Crippen LogP contribution in [0.4, 0.5) is 0 Å². The molecule has 1 fully saturated rings. The van der Waals surface area contributed by atoms with Gasteiger partial charge in [0.25, 0.3) is 0 Å². The Bertz CT molecular complexity index is 681. The number of carbonyl (C=O) groups is 1. The number of hydrogen-bond donors (Lipinski definition) is 1. The zero-order chi connectivity index (χ0) is 17.2. The van der Waals surface area contributed by atoms with E-state index in [9.17, 15) is 13.2 Å². The molecule has 0 radical (unpaired) electrons. The van der Waals surface area contributed by atoms with Crippen LogP contribution in [0.5, 0.6) is 0 Å². The van der Waals surface area contributed by atoms with Crippen molar-refractivity contribution in [2.45, 2.75) is 45.6 Å². The summed E-state index contributed by atoms with van der Waals surface area (Å²) in [6.45, 7) is 4.85. The molecule has 1 aromatic heterocycles. The van der Waals surface area contributed by atoms with Crippen LogP contribution in [0.2, 0.25) is 0 Å². The quantitative estimate of drug-likeness (QED) is 0.845. The highest BCUT2D eigenvalue weighted by molar-refractivity contribution is 7.88. The van der Waals surface area contributed by atoms with Crippen LogP contribution in [-0.2, 0) is 28.3 Å². The standard InChI is InChI=1S/C15H26N4O3S/c1-11-14(12(2)18(3)17-11)9-15(20)19-8-6-5-7-13(19)10-16-23(4,21)22/h13,16H,5-10H2,1-4H3/t13-/m1/s1. The molecule has 1 N–H and O–H groups in total. The summed E-state index contributed by atoms with van der Waals surface area (Å²) < 4.78 is 26.9. The smallest absolute Gasteiger partial charge is 0.227 e. The fourth-order valence-electron chi connectivity index (χ4n) is 3.11. The maximum absolute atomic E-state index is 12.7. The van der Waals surface area contributed by atoms with Gasteiger partial charge in [0, 0.05) is 37.4 Å². The average molecular weight is 342 g/mol. The van der Waals surface area contributed by atoms with Crippen molar-refractivity contribution in [2.75, 3.05) is 19.3 Å². The lowest BCUT2D eigenvalue weighted by molar-refractivity contribution is -0.134. The summed E-state index contributed by atoms with van der Waals surface area (Å²) in [6.07, 6.45) is 4.28. The molecular weight excluding hydrogens is 316 g/mol.